The Kier molecular flexibility index (Phi) is 24.6. The molecule has 17 aromatic carbocycles. The number of hydrogen-bond donors (Lipinski definition) is 0. The highest BCUT2D eigenvalue weighted by Crippen LogP contribution is 2.44. The standard InChI is InChI=1S/2C47H32N4.C41H28N4/c1-31-17-18-38-27-28-40-41(29-42(35-13-7-3-8-14-35)49-46(40)45(38)48-31)34-21-23-37(24-22-34)44-30-43(36-15-9-4-10-16-36)50-47(51-44)39-25-19-33(20-26-39)32-11-5-2-6-12-32;1-31-17-18-38-27-28-40-41(29-42(35-13-7-3-8-14-35)49-46(40)45(38)48-31)34-21-25-37(26-22-34)44-30-43(50-47(51-44)39-15-9-4-10-16-39)36-23-19-33(20-24-36)32-11-5-2-6-12-32;1-27-17-18-32-23-24-34-35(25-36(30-13-7-3-8-14-30)43-40(34)39(32)42-27)38-26-37(31-15-9-4-10-16-31)44-41(45-38)33-21-19-29(20-22-33)28-11-5-2-6-12-28/h2*2-30H,1H3;2-26H,1H3. The molecule has 692 valence electrons. The lowest BCUT2D eigenvalue weighted by Gasteiger charge is -2.14. The molecule has 0 N–H and O–H groups in total. The number of benzene rings is 17. The molecule has 0 aliphatic rings. The third-order valence-corrected chi connectivity index (χ3v) is 26.9. The second-order valence-corrected chi connectivity index (χ2v) is 36.7. The highest BCUT2D eigenvalue weighted by molar-refractivity contribution is 6.12. The normalized spacial score (nSPS) is 11.2. The summed E-state index contributed by atoms with van der Waals surface area (Å²) in [7, 11) is 0. The zero-order valence-electron chi connectivity index (χ0n) is 80.8. The van der Waals surface area contributed by atoms with Crippen LogP contribution in [0.3, 0.4) is 0 Å². The van der Waals surface area contributed by atoms with E-state index >= 15 is 0 Å². The fraction of sp³-hybridized carbons (Fsp3) is 0.0222. The maximum absolute atomic E-state index is 5.23. The minimum atomic E-state index is 0.673. The van der Waals surface area contributed by atoms with Gasteiger partial charge in [-0.1, -0.05) is 449 Å². The van der Waals surface area contributed by atoms with E-state index in [9.17, 15) is 0 Å². The third kappa shape index (κ3) is 19.1. The Morgan fingerprint density at radius 2 is 0.293 bits per heavy atom. The Balaban J connectivity index is 0.000000118. The van der Waals surface area contributed by atoms with Gasteiger partial charge in [0.1, 0.15) is 0 Å². The molecular weight excluding hydrogens is 1790 g/mol. The maximum Gasteiger partial charge on any atom is 0.160 e. The lowest BCUT2D eigenvalue weighted by atomic mass is 9.95. The number of aromatic nitrogens is 12. The van der Waals surface area contributed by atoms with Crippen LogP contribution in [0.2, 0.25) is 0 Å². The lowest BCUT2D eigenvalue weighted by Crippen LogP contribution is -1.98. The minimum Gasteiger partial charge on any atom is -0.251 e. The first kappa shape index (κ1) is 90.0. The van der Waals surface area contributed by atoms with E-state index in [1.54, 1.807) is 0 Å². The molecule has 26 rings (SSSR count). The highest BCUT2D eigenvalue weighted by atomic mass is 14.9. The first-order chi connectivity index (χ1) is 72.5. The van der Waals surface area contributed by atoms with E-state index < -0.39 is 0 Å². The average Bonchev–Trinajstić information content (AvgIpc) is 0.751. The van der Waals surface area contributed by atoms with E-state index in [4.69, 9.17) is 59.8 Å². The molecule has 0 amide bonds. The molecule has 0 saturated carbocycles. The van der Waals surface area contributed by atoms with Crippen molar-refractivity contribution in [3.63, 3.8) is 0 Å². The van der Waals surface area contributed by atoms with Crippen LogP contribution in [0.5, 0.6) is 0 Å². The Labute approximate surface area is 851 Å². The zero-order chi connectivity index (χ0) is 98.5. The first-order valence-corrected chi connectivity index (χ1v) is 49.3. The van der Waals surface area contributed by atoms with Gasteiger partial charge in [-0.25, -0.2) is 44.9 Å². The summed E-state index contributed by atoms with van der Waals surface area (Å²) in [5.74, 6) is 2.06. The molecule has 0 spiro atoms. The third-order valence-electron chi connectivity index (χ3n) is 26.9. The number of hydrogen-bond acceptors (Lipinski definition) is 12. The van der Waals surface area contributed by atoms with Gasteiger partial charge in [0, 0.05) is 116 Å². The molecule has 12 heteroatoms. The summed E-state index contributed by atoms with van der Waals surface area (Å²) >= 11 is 0. The Morgan fingerprint density at radius 1 is 0.116 bits per heavy atom. The predicted molar refractivity (Wildman–Crippen MR) is 605 cm³/mol. The highest BCUT2D eigenvalue weighted by Gasteiger charge is 2.23. The van der Waals surface area contributed by atoms with E-state index in [2.05, 4.69) is 394 Å². The van der Waals surface area contributed by atoms with Crippen LogP contribution in [0.4, 0.5) is 0 Å². The van der Waals surface area contributed by atoms with Gasteiger partial charge >= 0.3 is 0 Å². The van der Waals surface area contributed by atoms with Crippen molar-refractivity contribution in [2.75, 3.05) is 0 Å². The maximum atomic E-state index is 5.23. The minimum absolute atomic E-state index is 0.673. The average molecular weight is 1880 g/mol. The molecule has 9 heterocycles. The van der Waals surface area contributed by atoms with Gasteiger partial charge in [0.2, 0.25) is 0 Å². The molecule has 0 unspecified atom stereocenters. The van der Waals surface area contributed by atoms with Gasteiger partial charge in [0.05, 0.1) is 84.3 Å². The topological polar surface area (TPSA) is 155 Å². The second kappa shape index (κ2) is 40.2. The first-order valence-electron chi connectivity index (χ1n) is 49.3. The summed E-state index contributed by atoms with van der Waals surface area (Å²) in [5, 5.41) is 6.36. The van der Waals surface area contributed by atoms with Gasteiger partial charge in [-0.2, -0.15) is 0 Å². The van der Waals surface area contributed by atoms with Crippen molar-refractivity contribution in [2.45, 2.75) is 20.8 Å². The zero-order valence-corrected chi connectivity index (χ0v) is 80.8. The summed E-state index contributed by atoms with van der Waals surface area (Å²) < 4.78 is 0. The smallest absolute Gasteiger partial charge is 0.160 e. The van der Waals surface area contributed by atoms with Crippen molar-refractivity contribution in [3.05, 3.63) is 521 Å². The van der Waals surface area contributed by atoms with Crippen LogP contribution in [-0.4, -0.2) is 59.8 Å². The van der Waals surface area contributed by atoms with Crippen LogP contribution in [0.15, 0.2) is 504 Å². The second-order valence-electron chi connectivity index (χ2n) is 36.7. The number of rotatable bonds is 17. The molecule has 0 bridgehead atoms. The Bertz CT molecular complexity index is 8950. The Hall–Kier alpha value is -19.6. The largest absolute Gasteiger partial charge is 0.251 e. The molecule has 147 heavy (non-hydrogen) atoms. The number of nitrogens with zero attached hydrogens (tertiary/aromatic N) is 12. The van der Waals surface area contributed by atoms with Crippen molar-refractivity contribution in [1.82, 2.24) is 59.8 Å². The van der Waals surface area contributed by atoms with E-state index in [1.807, 2.05) is 130 Å². The summed E-state index contributed by atoms with van der Waals surface area (Å²) in [5.41, 5.74) is 39.9. The molecule has 0 aliphatic heterocycles. The summed E-state index contributed by atoms with van der Waals surface area (Å²) in [4.78, 5) is 61.0. The predicted octanol–water partition coefficient (Wildman–Crippen LogP) is 34.0. The monoisotopic (exact) mass is 1880 g/mol. The van der Waals surface area contributed by atoms with Gasteiger partial charge in [-0.15, -0.1) is 0 Å². The van der Waals surface area contributed by atoms with Crippen molar-refractivity contribution in [2.24, 2.45) is 0 Å². The molecule has 0 saturated heterocycles. The van der Waals surface area contributed by atoms with E-state index in [0.717, 1.165) is 234 Å². The Morgan fingerprint density at radius 3 is 0.565 bits per heavy atom. The molecular formula is C135H92N12. The van der Waals surface area contributed by atoms with Crippen molar-refractivity contribution >= 4 is 65.4 Å². The summed E-state index contributed by atoms with van der Waals surface area (Å²) in [6.07, 6.45) is 0. The molecule has 0 radical (unpaired) electrons. The van der Waals surface area contributed by atoms with Crippen LogP contribution >= 0.6 is 0 Å². The van der Waals surface area contributed by atoms with E-state index in [1.165, 1.54) is 22.3 Å². The fourth-order valence-corrected chi connectivity index (χ4v) is 19.3. The molecule has 0 fully saturated rings. The van der Waals surface area contributed by atoms with Crippen molar-refractivity contribution in [3.8, 4) is 191 Å². The SMILES string of the molecule is Cc1ccc2ccc3c(-c4cc(-c5ccccc5)nc(-c5ccc(-c6ccccc6)cc5)n4)cc(-c4ccccc4)nc3c2n1.Cc1ccc2ccc3c(-c4ccc(-c5cc(-c6ccc(-c7ccccc7)cc6)nc(-c6ccccc6)n5)cc4)cc(-c4ccccc4)nc3c2n1.Cc1ccc2ccc3c(-c4ccc(-c5cc(-c6ccccc6)nc(-c6ccc(-c7ccccc7)cc6)n5)cc4)cc(-c4ccccc4)nc3c2n1. The van der Waals surface area contributed by atoms with Gasteiger partial charge in [-0.3, -0.25) is 15.0 Å². The summed E-state index contributed by atoms with van der Waals surface area (Å²) in [6, 6.07) is 174. The van der Waals surface area contributed by atoms with Crippen LogP contribution < -0.4 is 0 Å². The summed E-state index contributed by atoms with van der Waals surface area (Å²) in [6.45, 7) is 6.08. The van der Waals surface area contributed by atoms with Gasteiger partial charge in [0.15, 0.2) is 17.5 Å². The van der Waals surface area contributed by atoms with Crippen LogP contribution in [-0.2, 0) is 0 Å². The van der Waals surface area contributed by atoms with Gasteiger partial charge in [-0.05, 0) is 131 Å². The molecule has 0 aliphatic carbocycles. The lowest BCUT2D eigenvalue weighted by molar-refractivity contribution is 1.18. The van der Waals surface area contributed by atoms with E-state index in [0.29, 0.717) is 17.5 Å². The van der Waals surface area contributed by atoms with Crippen LogP contribution in [0, 0.1) is 20.8 Å². The number of pyridine rings is 6. The van der Waals surface area contributed by atoms with Crippen molar-refractivity contribution in [1.29, 1.82) is 0 Å². The molecule has 9 aromatic heterocycles. The number of aryl methyl sites for hydroxylation is 3. The van der Waals surface area contributed by atoms with Crippen molar-refractivity contribution < 1.29 is 0 Å². The fourth-order valence-electron chi connectivity index (χ4n) is 19.3. The van der Waals surface area contributed by atoms with E-state index in [-0.39, 0.29) is 0 Å². The van der Waals surface area contributed by atoms with Gasteiger partial charge in [0.25, 0.3) is 0 Å². The quantitative estimate of drug-likeness (QED) is 0.0797. The molecule has 0 atom stereocenters. The molecule has 26 aromatic rings. The van der Waals surface area contributed by atoms with Crippen LogP contribution in [0.25, 0.3) is 257 Å². The number of fused-ring (bicyclic) bond motifs is 9. The molecule has 12 nitrogen and oxygen atoms in total. The van der Waals surface area contributed by atoms with Gasteiger partial charge < -0.3 is 0 Å². The van der Waals surface area contributed by atoms with Crippen LogP contribution in [0.1, 0.15) is 17.1 Å².